The predicted octanol–water partition coefficient (Wildman–Crippen LogP) is 1.57. The molecule has 16 nitrogen and oxygen atoms in total. The van der Waals surface area contributed by atoms with Crippen LogP contribution in [0.25, 0.3) is 11.1 Å². The van der Waals surface area contributed by atoms with Crippen LogP contribution in [0.3, 0.4) is 0 Å². The first-order chi connectivity index (χ1) is 25.2. The van der Waals surface area contributed by atoms with E-state index in [4.69, 9.17) is 22.9 Å². The number of carboxylic acid groups (broad SMARTS) is 1. The highest BCUT2D eigenvalue weighted by Gasteiger charge is 2.64. The quantitative estimate of drug-likeness (QED) is 0.0924. The Bertz CT molecular complexity index is 1780. The molecule has 0 unspecified atom stereocenters. The number of aromatic amines is 1. The van der Waals surface area contributed by atoms with Crippen LogP contribution in [0.2, 0.25) is 0 Å². The Morgan fingerprint density at radius 1 is 1.04 bits per heavy atom. The van der Waals surface area contributed by atoms with E-state index >= 15 is 0 Å². The third-order valence-corrected chi connectivity index (χ3v) is 10.7. The van der Waals surface area contributed by atoms with Gasteiger partial charge < -0.3 is 53.2 Å². The number of H-pyrrole nitrogens is 1. The van der Waals surface area contributed by atoms with Gasteiger partial charge in [-0.3, -0.25) is 24.4 Å². The number of aliphatic imine (C=N–C) groups is 1. The van der Waals surface area contributed by atoms with Crippen molar-refractivity contribution < 1.29 is 24.6 Å². The van der Waals surface area contributed by atoms with E-state index in [1.165, 1.54) is 86.1 Å². The van der Waals surface area contributed by atoms with Gasteiger partial charge in [0.1, 0.15) is 29.2 Å². The number of anilines is 1. The molecule has 4 atom stereocenters. The fraction of sp³-hybridized carbons (Fsp3) is 0.444. The van der Waals surface area contributed by atoms with Crippen LogP contribution in [0.5, 0.6) is 5.75 Å². The number of carboxylic acids is 1. The molecule has 5 heterocycles. The molecule has 3 saturated heterocycles. The number of rotatable bonds is 8. The molecular weight excluding hydrogens is 701 g/mol. The van der Waals surface area contributed by atoms with Crippen LogP contribution in [-0.4, -0.2) is 102 Å². The fourth-order valence-electron chi connectivity index (χ4n) is 6.29. The Balaban J connectivity index is 0.000000191. The van der Waals surface area contributed by atoms with E-state index in [1.54, 1.807) is 38.5 Å². The highest BCUT2D eigenvalue weighted by Crippen LogP contribution is 2.50. The second kappa shape index (κ2) is 18.6. The number of benzene rings is 1. The van der Waals surface area contributed by atoms with Gasteiger partial charge in [0.05, 0.1) is 12.2 Å². The summed E-state index contributed by atoms with van der Waals surface area (Å²) in [6.45, 7) is 7.69. The lowest BCUT2D eigenvalue weighted by Crippen LogP contribution is -2.71. The van der Waals surface area contributed by atoms with Gasteiger partial charge in [-0.15, -0.1) is 11.8 Å². The van der Waals surface area contributed by atoms with Crippen molar-refractivity contribution in [3.8, 4) is 16.9 Å². The molecule has 0 saturated carbocycles. The molecule has 1 aromatic carbocycles. The van der Waals surface area contributed by atoms with Crippen LogP contribution < -0.4 is 33.8 Å². The summed E-state index contributed by atoms with van der Waals surface area (Å²) >= 11 is 1.35. The van der Waals surface area contributed by atoms with E-state index < -0.39 is 46.0 Å². The molecule has 3 aliphatic heterocycles. The number of thioether (sulfide) groups is 1. The zero-order valence-electron chi connectivity index (χ0n) is 30.0. The van der Waals surface area contributed by atoms with Crippen molar-refractivity contribution in [1.29, 1.82) is 0 Å². The number of phenolic OH excluding ortho intramolecular Hbond substituents is 1. The van der Waals surface area contributed by atoms with Crippen molar-refractivity contribution in [1.82, 2.24) is 25.1 Å². The van der Waals surface area contributed by atoms with Gasteiger partial charge in [0, 0.05) is 35.4 Å². The number of carbonyl (C=O) groups is 3. The number of likely N-dealkylation sites (tertiary alicyclic amines) is 1. The van der Waals surface area contributed by atoms with Gasteiger partial charge in [-0.1, -0.05) is 31.4 Å². The monoisotopic (exact) mass is 750 g/mol. The van der Waals surface area contributed by atoms with Gasteiger partial charge in [-0.2, -0.15) is 0 Å². The van der Waals surface area contributed by atoms with Crippen molar-refractivity contribution >= 4 is 41.2 Å². The lowest BCUT2D eigenvalue weighted by molar-refractivity contribution is -0.161. The molecule has 0 bridgehead atoms. The summed E-state index contributed by atoms with van der Waals surface area (Å²) in [7, 11) is 0. The van der Waals surface area contributed by atoms with Crippen molar-refractivity contribution in [2.24, 2.45) is 22.2 Å². The van der Waals surface area contributed by atoms with Gasteiger partial charge in [-0.05, 0) is 81.2 Å². The number of hydrogen-bond acceptors (Lipinski definition) is 11. The highest BCUT2D eigenvalue weighted by molar-refractivity contribution is 8.01. The van der Waals surface area contributed by atoms with Crippen LogP contribution >= 0.6 is 11.8 Å². The number of fused-ring (bicyclic) bond motifs is 1. The van der Waals surface area contributed by atoms with Gasteiger partial charge in [0.25, 0.3) is 5.56 Å². The number of pyridine rings is 2. The number of nitrogens with two attached hydrogens (primary N) is 4. The number of nitrogen functional groups attached to an aromatic ring is 1. The molecule has 286 valence electrons. The average molecular weight is 751 g/mol. The molecule has 0 spiro atoms. The maximum absolute atomic E-state index is 12.3. The molecule has 53 heavy (non-hydrogen) atoms. The lowest BCUT2D eigenvalue weighted by Gasteiger charge is -2.43. The molecule has 0 radical (unpaired) electrons. The molecule has 3 aromatic rings. The van der Waals surface area contributed by atoms with Crippen molar-refractivity contribution in [2.45, 2.75) is 74.2 Å². The van der Waals surface area contributed by atoms with Crippen molar-refractivity contribution in [3.05, 3.63) is 77.0 Å². The summed E-state index contributed by atoms with van der Waals surface area (Å²) in [5, 5.41) is 20.9. The number of amides is 2. The third kappa shape index (κ3) is 10.9. The minimum Gasteiger partial charge on any atom is -0.508 e. The number of β-lactam (4-membered cyclic amide) rings is 1. The number of nitrogens with one attached hydrogen (secondary N) is 2. The Morgan fingerprint density at radius 2 is 1.66 bits per heavy atom. The molecular formula is C36H50N10O6S. The standard InChI is InChI=1S/C16H19N3O5S.C10H22N4.C10H9N3O/c1-16(2)11(15(23)24)19-13(22)10(14(19)25-16)18-12(21)9(17)7-3-5-8(20)6-4-7;11-10(12)13-6-9-14-7-4-2-1-3-5-8-14;11-9-5-8(6-13-10(9)14)7-1-3-12-4-2-7/h3-6,9-11,14,20H,17H2,1-2H3,(H,18,21)(H,23,24);1-9H2,(H4,11,12,13);1-6H,11H2,(H,13,14)/t9-,10-,11+,14-;;/m1../s1. The normalized spacial score (nSPS) is 21.1. The third-order valence-electron chi connectivity index (χ3n) is 9.11. The van der Waals surface area contributed by atoms with Gasteiger partial charge in [0.2, 0.25) is 11.8 Å². The molecule has 2 amide bonds. The first-order valence-corrected chi connectivity index (χ1v) is 18.3. The maximum Gasteiger partial charge on any atom is 0.327 e. The van der Waals surface area contributed by atoms with Crippen LogP contribution in [0.1, 0.15) is 57.6 Å². The SMILES string of the molecule is CC1(C)S[C@@H]2[C@H](NC(=O)[C@H](N)c3ccc(O)cc3)C(=O)N2[C@H]1C(=O)O.NC(N)=NCCN1CCCCCCC1.Nc1cc(-c2ccncc2)c[nH]c1=O. The Kier molecular flexibility index (Phi) is 14.2. The summed E-state index contributed by atoms with van der Waals surface area (Å²) in [5.74, 6) is -1.73. The first-order valence-electron chi connectivity index (χ1n) is 17.4. The molecule has 3 aliphatic rings. The molecule has 12 N–H and O–H groups in total. The molecule has 3 fully saturated rings. The topological polar surface area (TPSA) is 272 Å². The summed E-state index contributed by atoms with van der Waals surface area (Å²) < 4.78 is -0.648. The molecule has 6 rings (SSSR count). The highest BCUT2D eigenvalue weighted by atomic mass is 32.2. The van der Waals surface area contributed by atoms with Crippen molar-refractivity contribution in [3.63, 3.8) is 0 Å². The number of phenols is 1. The molecule has 0 aliphatic carbocycles. The Hall–Kier alpha value is -5.13. The van der Waals surface area contributed by atoms with Crippen LogP contribution in [0, 0.1) is 0 Å². The van der Waals surface area contributed by atoms with E-state index in [0.717, 1.165) is 24.2 Å². The van der Waals surface area contributed by atoms with Crippen LogP contribution in [0.15, 0.2) is 70.8 Å². The number of aliphatic carboxylic acids is 1. The maximum atomic E-state index is 12.3. The number of aromatic nitrogens is 2. The summed E-state index contributed by atoms with van der Waals surface area (Å²) in [6.07, 6.45) is 11.8. The van der Waals surface area contributed by atoms with Gasteiger partial charge >= 0.3 is 5.97 Å². The second-order valence-corrected chi connectivity index (χ2v) is 15.2. The van der Waals surface area contributed by atoms with E-state index in [9.17, 15) is 29.4 Å². The van der Waals surface area contributed by atoms with Crippen LogP contribution in [-0.2, 0) is 14.4 Å². The number of nitrogens with zero attached hydrogens (tertiary/aromatic N) is 4. The van der Waals surface area contributed by atoms with Gasteiger partial charge in [0.15, 0.2) is 5.96 Å². The smallest absolute Gasteiger partial charge is 0.327 e. The zero-order valence-corrected chi connectivity index (χ0v) is 30.8. The lowest BCUT2D eigenvalue weighted by atomic mass is 9.95. The fourth-order valence-corrected chi connectivity index (χ4v) is 7.92. The minimum absolute atomic E-state index is 0.0606. The summed E-state index contributed by atoms with van der Waals surface area (Å²) in [4.78, 5) is 61.4. The predicted molar refractivity (Wildman–Crippen MR) is 206 cm³/mol. The van der Waals surface area contributed by atoms with E-state index in [-0.39, 0.29) is 23.0 Å². The Labute approximate surface area is 312 Å². The molecule has 17 heteroatoms. The largest absolute Gasteiger partial charge is 0.508 e. The number of aromatic hydroxyl groups is 1. The summed E-state index contributed by atoms with van der Waals surface area (Å²) in [5.41, 5.74) is 24.3. The Morgan fingerprint density at radius 3 is 2.25 bits per heavy atom. The average Bonchev–Trinajstić information content (AvgIpc) is 3.37. The summed E-state index contributed by atoms with van der Waals surface area (Å²) in [6, 6.07) is 8.56. The van der Waals surface area contributed by atoms with Gasteiger partial charge in [-0.25, -0.2) is 4.79 Å². The number of hydrogen-bond donors (Lipinski definition) is 8. The van der Waals surface area contributed by atoms with Crippen molar-refractivity contribution in [2.75, 3.05) is 31.9 Å². The number of guanidine groups is 1. The van der Waals surface area contributed by atoms with E-state index in [2.05, 4.69) is 25.2 Å². The minimum atomic E-state index is -1.06. The van der Waals surface area contributed by atoms with E-state index in [0.29, 0.717) is 5.56 Å². The number of carbonyl (C=O) groups excluding carboxylic acids is 2. The van der Waals surface area contributed by atoms with Crippen LogP contribution in [0.4, 0.5) is 5.69 Å². The molecule has 2 aromatic heterocycles. The van der Waals surface area contributed by atoms with E-state index in [1.807, 2.05) is 12.1 Å². The zero-order chi connectivity index (χ0) is 38.7. The second-order valence-electron chi connectivity index (χ2n) is 13.5. The first kappa shape index (κ1) is 40.6.